The second kappa shape index (κ2) is 9.24. The van der Waals surface area contributed by atoms with E-state index in [0.717, 1.165) is 16.5 Å². The van der Waals surface area contributed by atoms with Crippen molar-refractivity contribution in [2.75, 3.05) is 32.7 Å². The van der Waals surface area contributed by atoms with Crippen LogP contribution in [0.4, 0.5) is 0 Å². The number of fused-ring (bicyclic) bond motifs is 1. The lowest BCUT2D eigenvalue weighted by Crippen LogP contribution is -2.52. The molecule has 178 valence electrons. The number of nitrogens with one attached hydrogen (secondary N) is 2. The number of aryl methyl sites for hydroxylation is 1. The monoisotopic (exact) mass is 499 g/mol. The van der Waals surface area contributed by atoms with Gasteiger partial charge in [0.2, 0.25) is 15.9 Å². The van der Waals surface area contributed by atoms with Gasteiger partial charge in [-0.15, -0.1) is 0 Å². The molecule has 5 rings (SSSR count). The number of aromatic nitrogens is 1. The highest BCUT2D eigenvalue weighted by molar-refractivity contribution is 7.89. The average molecular weight is 500 g/mol. The van der Waals surface area contributed by atoms with Crippen molar-refractivity contribution in [1.82, 2.24) is 25.0 Å². The van der Waals surface area contributed by atoms with Crippen molar-refractivity contribution in [3.05, 3.63) is 70.9 Å². The van der Waals surface area contributed by atoms with E-state index in [4.69, 9.17) is 11.6 Å². The molecule has 2 atom stereocenters. The van der Waals surface area contributed by atoms with Crippen LogP contribution in [0.15, 0.2) is 59.6 Å². The molecule has 34 heavy (non-hydrogen) atoms. The number of carbonyl (C=O) groups excluding carboxylic acids is 1. The van der Waals surface area contributed by atoms with Crippen molar-refractivity contribution in [1.29, 1.82) is 0 Å². The van der Waals surface area contributed by atoms with Crippen molar-refractivity contribution in [3.63, 3.8) is 0 Å². The van der Waals surface area contributed by atoms with Crippen LogP contribution in [0.5, 0.6) is 0 Å². The predicted octanol–water partition coefficient (Wildman–Crippen LogP) is 2.49. The Labute approximate surface area is 203 Å². The van der Waals surface area contributed by atoms with E-state index in [2.05, 4.69) is 15.8 Å². The fourth-order valence-electron chi connectivity index (χ4n) is 4.69. The van der Waals surface area contributed by atoms with Crippen LogP contribution in [0.25, 0.3) is 10.9 Å². The molecule has 2 aliphatic heterocycles. The van der Waals surface area contributed by atoms with Crippen LogP contribution in [-0.4, -0.2) is 61.2 Å². The highest BCUT2D eigenvalue weighted by Gasteiger charge is 2.39. The topological polar surface area (TPSA) is 94.6 Å². The second-order valence-electron chi connectivity index (χ2n) is 8.73. The molecule has 2 unspecified atom stereocenters. The molecule has 1 amide bonds. The Hall–Kier alpha value is -2.56. The first kappa shape index (κ1) is 23.2. The summed E-state index contributed by atoms with van der Waals surface area (Å²) in [5.41, 5.74) is 8.70. The molecule has 2 saturated heterocycles. The smallest absolute Gasteiger partial charge is 0.245 e. The number of sulfonamides is 1. The van der Waals surface area contributed by atoms with Crippen LogP contribution in [-0.2, 0) is 14.8 Å². The van der Waals surface area contributed by atoms with E-state index in [1.807, 2.05) is 43.3 Å². The Morgan fingerprint density at radius 2 is 1.82 bits per heavy atom. The van der Waals surface area contributed by atoms with Crippen molar-refractivity contribution in [3.8, 4) is 0 Å². The number of halogens is 1. The van der Waals surface area contributed by atoms with Crippen molar-refractivity contribution in [2.45, 2.75) is 17.9 Å². The number of para-hydroxylation sites is 1. The third kappa shape index (κ3) is 4.30. The van der Waals surface area contributed by atoms with Gasteiger partial charge >= 0.3 is 0 Å². The molecular formula is C24H26ClN5O3S. The van der Waals surface area contributed by atoms with E-state index < -0.39 is 10.0 Å². The maximum atomic E-state index is 13.4. The number of amides is 1. The van der Waals surface area contributed by atoms with Gasteiger partial charge in [-0.2, -0.15) is 4.31 Å². The molecule has 3 heterocycles. The quantitative estimate of drug-likeness (QED) is 0.572. The first-order chi connectivity index (χ1) is 16.3. The van der Waals surface area contributed by atoms with Gasteiger partial charge in [-0.3, -0.25) is 15.2 Å². The van der Waals surface area contributed by atoms with E-state index in [-0.39, 0.29) is 35.9 Å². The van der Waals surface area contributed by atoms with Gasteiger partial charge in [0.25, 0.3) is 0 Å². The number of rotatable bonds is 4. The standard InChI is InChI=1S/C24H26ClN5O3S/c1-16-13-18-3-2-4-21(23(18)26-14-16)34(32,33)30-11-9-29(10-12-30)24(31)20-15-27-28-22(20)17-5-7-19(25)8-6-17/h2-8,13-14,20,22,27-28H,9-12,15H2,1H3. The van der Waals surface area contributed by atoms with Crippen LogP contribution in [0.1, 0.15) is 17.2 Å². The normalized spacial score (nSPS) is 21.8. The van der Waals surface area contributed by atoms with E-state index >= 15 is 0 Å². The van der Waals surface area contributed by atoms with Crippen LogP contribution >= 0.6 is 11.6 Å². The van der Waals surface area contributed by atoms with Gasteiger partial charge in [0.1, 0.15) is 4.90 Å². The SMILES string of the molecule is Cc1cnc2c(S(=O)(=O)N3CCN(C(=O)C4CNNC4c4ccc(Cl)cc4)CC3)cccc2c1. The first-order valence-corrected chi connectivity index (χ1v) is 13.0. The van der Waals surface area contributed by atoms with Crippen molar-refractivity contribution >= 4 is 38.4 Å². The van der Waals surface area contributed by atoms with E-state index in [9.17, 15) is 13.2 Å². The number of carbonyl (C=O) groups is 1. The molecule has 8 nitrogen and oxygen atoms in total. The zero-order valence-corrected chi connectivity index (χ0v) is 20.3. The maximum absolute atomic E-state index is 13.4. The van der Waals surface area contributed by atoms with Crippen LogP contribution in [0.3, 0.4) is 0 Å². The number of hydrogen-bond donors (Lipinski definition) is 2. The summed E-state index contributed by atoms with van der Waals surface area (Å²) >= 11 is 6.00. The van der Waals surface area contributed by atoms with Crippen LogP contribution in [0.2, 0.25) is 5.02 Å². The summed E-state index contributed by atoms with van der Waals surface area (Å²) in [7, 11) is -3.73. The van der Waals surface area contributed by atoms with Crippen LogP contribution in [0, 0.1) is 12.8 Å². The largest absolute Gasteiger partial charge is 0.340 e. The Kier molecular flexibility index (Phi) is 6.30. The molecule has 2 aromatic carbocycles. The predicted molar refractivity (Wildman–Crippen MR) is 131 cm³/mol. The highest BCUT2D eigenvalue weighted by Crippen LogP contribution is 2.29. The van der Waals surface area contributed by atoms with Crippen LogP contribution < -0.4 is 10.9 Å². The van der Waals surface area contributed by atoms with Gasteiger partial charge in [0.15, 0.2) is 0 Å². The summed E-state index contributed by atoms with van der Waals surface area (Å²) in [5, 5.41) is 1.44. The lowest BCUT2D eigenvalue weighted by atomic mass is 9.93. The molecule has 2 N–H and O–H groups in total. The van der Waals surface area contributed by atoms with Gasteiger partial charge in [-0.05, 0) is 42.3 Å². The number of benzene rings is 2. The van der Waals surface area contributed by atoms with Gasteiger partial charge in [0, 0.05) is 49.3 Å². The first-order valence-electron chi connectivity index (χ1n) is 11.2. The lowest BCUT2D eigenvalue weighted by Gasteiger charge is -2.36. The zero-order valence-electron chi connectivity index (χ0n) is 18.7. The Morgan fingerprint density at radius 1 is 1.09 bits per heavy atom. The minimum Gasteiger partial charge on any atom is -0.340 e. The van der Waals surface area contributed by atoms with Gasteiger partial charge in [-0.25, -0.2) is 13.8 Å². The van der Waals surface area contributed by atoms with Gasteiger partial charge < -0.3 is 4.90 Å². The fourth-order valence-corrected chi connectivity index (χ4v) is 6.40. The molecule has 10 heteroatoms. The van der Waals surface area contributed by atoms with Crippen molar-refractivity contribution in [2.24, 2.45) is 5.92 Å². The Bertz CT molecular complexity index is 1320. The summed E-state index contributed by atoms with van der Waals surface area (Å²) in [6, 6.07) is 14.4. The van der Waals surface area contributed by atoms with E-state index in [1.165, 1.54) is 4.31 Å². The molecule has 0 radical (unpaired) electrons. The molecule has 2 fully saturated rings. The molecule has 0 spiro atoms. The van der Waals surface area contributed by atoms with Gasteiger partial charge in [0.05, 0.1) is 17.5 Å². The van der Waals surface area contributed by atoms with Gasteiger partial charge in [-0.1, -0.05) is 35.9 Å². The molecule has 1 aromatic heterocycles. The third-order valence-corrected chi connectivity index (χ3v) is 8.69. The average Bonchev–Trinajstić information content (AvgIpc) is 3.33. The number of nitrogens with zero attached hydrogens (tertiary/aromatic N) is 3. The molecule has 0 bridgehead atoms. The summed E-state index contributed by atoms with van der Waals surface area (Å²) in [5.74, 6) is -0.272. The Balaban J connectivity index is 1.30. The summed E-state index contributed by atoms with van der Waals surface area (Å²) in [6.07, 6.45) is 1.68. The molecular weight excluding hydrogens is 474 g/mol. The second-order valence-corrected chi connectivity index (χ2v) is 11.1. The fraction of sp³-hybridized carbons (Fsp3) is 0.333. The summed E-state index contributed by atoms with van der Waals surface area (Å²) in [4.78, 5) is 19.7. The molecule has 2 aliphatic rings. The third-order valence-electron chi connectivity index (χ3n) is 6.51. The highest BCUT2D eigenvalue weighted by atomic mass is 35.5. The Morgan fingerprint density at radius 3 is 2.56 bits per heavy atom. The number of hydrazine groups is 1. The van der Waals surface area contributed by atoms with Crippen molar-refractivity contribution < 1.29 is 13.2 Å². The lowest BCUT2D eigenvalue weighted by molar-refractivity contribution is -0.136. The number of pyridine rings is 1. The zero-order chi connectivity index (χ0) is 23.9. The maximum Gasteiger partial charge on any atom is 0.245 e. The number of hydrogen-bond acceptors (Lipinski definition) is 6. The number of piperazine rings is 1. The molecule has 3 aromatic rings. The van der Waals surface area contributed by atoms with E-state index in [1.54, 1.807) is 23.2 Å². The van der Waals surface area contributed by atoms with E-state index in [0.29, 0.717) is 30.2 Å². The summed E-state index contributed by atoms with van der Waals surface area (Å²) in [6.45, 7) is 3.62. The summed E-state index contributed by atoms with van der Waals surface area (Å²) < 4.78 is 28.3. The molecule has 0 aliphatic carbocycles. The minimum atomic E-state index is -3.73. The minimum absolute atomic E-state index is 0.0109. The molecule has 0 saturated carbocycles.